The SMILES string of the molecule is CC1CCC(C(C)(C)Cc2cc(F)cc(F)c2)C(Br)C1. The van der Waals surface area contributed by atoms with Crippen LogP contribution >= 0.6 is 15.9 Å². The van der Waals surface area contributed by atoms with Crippen LogP contribution in [-0.4, -0.2) is 4.83 Å². The lowest BCUT2D eigenvalue weighted by Gasteiger charge is -2.42. The molecule has 1 fully saturated rings. The van der Waals surface area contributed by atoms with E-state index in [1.54, 1.807) is 0 Å². The average molecular weight is 345 g/mol. The molecule has 0 bridgehead atoms. The monoisotopic (exact) mass is 344 g/mol. The molecule has 0 nitrogen and oxygen atoms in total. The van der Waals surface area contributed by atoms with Crippen LogP contribution in [0.4, 0.5) is 8.78 Å². The van der Waals surface area contributed by atoms with Gasteiger partial charge in [0.2, 0.25) is 0 Å². The van der Waals surface area contributed by atoms with Crippen LogP contribution in [0.1, 0.15) is 45.6 Å². The highest BCUT2D eigenvalue weighted by molar-refractivity contribution is 9.09. The molecule has 112 valence electrons. The Labute approximate surface area is 129 Å². The van der Waals surface area contributed by atoms with E-state index in [4.69, 9.17) is 0 Å². The van der Waals surface area contributed by atoms with E-state index in [-0.39, 0.29) is 5.41 Å². The molecule has 1 aliphatic rings. The van der Waals surface area contributed by atoms with E-state index < -0.39 is 11.6 Å². The third-order valence-corrected chi connectivity index (χ3v) is 5.63. The summed E-state index contributed by atoms with van der Waals surface area (Å²) in [5, 5.41) is 0. The summed E-state index contributed by atoms with van der Waals surface area (Å²) in [7, 11) is 0. The summed E-state index contributed by atoms with van der Waals surface area (Å²) in [6, 6.07) is 3.85. The highest BCUT2D eigenvalue weighted by Gasteiger charge is 2.37. The first kappa shape index (κ1) is 15.9. The quantitative estimate of drug-likeness (QED) is 0.614. The van der Waals surface area contributed by atoms with E-state index in [2.05, 4.69) is 36.7 Å². The Kier molecular flexibility index (Phi) is 4.88. The van der Waals surface area contributed by atoms with Crippen LogP contribution in [0.25, 0.3) is 0 Å². The summed E-state index contributed by atoms with van der Waals surface area (Å²) in [5.41, 5.74) is 0.792. The second kappa shape index (κ2) is 6.13. The van der Waals surface area contributed by atoms with Crippen LogP contribution in [0, 0.1) is 28.9 Å². The summed E-state index contributed by atoms with van der Waals surface area (Å²) < 4.78 is 26.6. The van der Waals surface area contributed by atoms with Crippen molar-refractivity contribution < 1.29 is 8.78 Å². The number of alkyl halides is 1. The van der Waals surface area contributed by atoms with Crippen molar-refractivity contribution in [1.29, 1.82) is 0 Å². The van der Waals surface area contributed by atoms with Gasteiger partial charge >= 0.3 is 0 Å². The number of halogens is 3. The summed E-state index contributed by atoms with van der Waals surface area (Å²) in [6.45, 7) is 6.72. The van der Waals surface area contributed by atoms with Crippen LogP contribution < -0.4 is 0 Å². The summed E-state index contributed by atoms with van der Waals surface area (Å²) in [5.74, 6) is 0.343. The fraction of sp³-hybridized carbons (Fsp3) is 0.647. The van der Waals surface area contributed by atoms with Gasteiger partial charge in [-0.3, -0.25) is 0 Å². The van der Waals surface area contributed by atoms with Crippen molar-refractivity contribution in [2.45, 2.75) is 51.3 Å². The maximum absolute atomic E-state index is 13.3. The number of hydrogen-bond donors (Lipinski definition) is 0. The maximum atomic E-state index is 13.3. The molecule has 2 rings (SSSR count). The van der Waals surface area contributed by atoms with Crippen molar-refractivity contribution in [3.8, 4) is 0 Å². The van der Waals surface area contributed by atoms with E-state index in [1.807, 2.05) is 0 Å². The zero-order valence-electron chi connectivity index (χ0n) is 12.4. The van der Waals surface area contributed by atoms with Gasteiger partial charge in [0.25, 0.3) is 0 Å². The van der Waals surface area contributed by atoms with E-state index in [0.717, 1.165) is 17.5 Å². The minimum absolute atomic E-state index is 0.0362. The maximum Gasteiger partial charge on any atom is 0.126 e. The minimum atomic E-state index is -0.483. The molecular formula is C17H23BrF2. The Balaban J connectivity index is 2.13. The normalized spacial score (nSPS) is 27.6. The Bertz CT molecular complexity index is 450. The van der Waals surface area contributed by atoms with Gasteiger partial charge in [-0.1, -0.05) is 43.1 Å². The van der Waals surface area contributed by atoms with Crippen molar-refractivity contribution in [1.82, 2.24) is 0 Å². The molecule has 1 aromatic carbocycles. The summed E-state index contributed by atoms with van der Waals surface area (Å²) >= 11 is 3.83. The molecule has 0 amide bonds. The third kappa shape index (κ3) is 3.81. The molecule has 0 spiro atoms. The van der Waals surface area contributed by atoms with Gasteiger partial charge in [-0.05, 0) is 54.2 Å². The molecule has 0 radical (unpaired) electrons. The lowest BCUT2D eigenvalue weighted by atomic mass is 9.66. The second-order valence-electron chi connectivity index (χ2n) is 6.98. The van der Waals surface area contributed by atoms with Gasteiger partial charge in [-0.2, -0.15) is 0 Å². The van der Waals surface area contributed by atoms with Crippen molar-refractivity contribution in [2.75, 3.05) is 0 Å². The zero-order valence-corrected chi connectivity index (χ0v) is 14.0. The second-order valence-corrected chi connectivity index (χ2v) is 8.16. The Morgan fingerprint density at radius 1 is 1.15 bits per heavy atom. The Morgan fingerprint density at radius 2 is 1.75 bits per heavy atom. The average Bonchev–Trinajstić information content (AvgIpc) is 2.25. The van der Waals surface area contributed by atoms with Gasteiger partial charge < -0.3 is 0 Å². The van der Waals surface area contributed by atoms with E-state index in [1.165, 1.54) is 31.4 Å². The Morgan fingerprint density at radius 3 is 2.30 bits per heavy atom. The van der Waals surface area contributed by atoms with Crippen LogP contribution in [0.15, 0.2) is 18.2 Å². The standard InChI is InChI=1S/C17H23BrF2/c1-11-4-5-15(16(18)6-11)17(2,3)10-12-7-13(19)9-14(20)8-12/h7-9,11,15-16H,4-6,10H2,1-3H3. The first-order valence-corrected chi connectivity index (χ1v) is 8.28. The first-order chi connectivity index (χ1) is 9.28. The fourth-order valence-corrected chi connectivity index (χ4v) is 5.18. The molecule has 0 heterocycles. The largest absolute Gasteiger partial charge is 0.207 e. The minimum Gasteiger partial charge on any atom is -0.207 e. The van der Waals surface area contributed by atoms with Crippen molar-refractivity contribution in [2.24, 2.45) is 17.3 Å². The lowest BCUT2D eigenvalue weighted by Crippen LogP contribution is -2.37. The van der Waals surface area contributed by atoms with Crippen molar-refractivity contribution in [3.63, 3.8) is 0 Å². The molecule has 1 saturated carbocycles. The molecule has 20 heavy (non-hydrogen) atoms. The predicted molar refractivity (Wildman–Crippen MR) is 83.1 cm³/mol. The predicted octanol–water partition coefficient (Wildman–Crippen LogP) is 5.73. The van der Waals surface area contributed by atoms with Gasteiger partial charge in [-0.15, -0.1) is 0 Å². The number of hydrogen-bond acceptors (Lipinski definition) is 0. The molecule has 0 aromatic heterocycles. The molecule has 0 saturated heterocycles. The molecular weight excluding hydrogens is 322 g/mol. The summed E-state index contributed by atoms with van der Waals surface area (Å²) in [4.78, 5) is 0.500. The molecule has 1 aliphatic carbocycles. The molecule has 0 N–H and O–H groups in total. The number of rotatable bonds is 3. The van der Waals surface area contributed by atoms with Crippen LogP contribution in [0.2, 0.25) is 0 Å². The third-order valence-electron chi connectivity index (χ3n) is 4.62. The van der Waals surface area contributed by atoms with Gasteiger partial charge in [0, 0.05) is 10.9 Å². The van der Waals surface area contributed by atoms with Crippen LogP contribution in [0.5, 0.6) is 0 Å². The fourth-order valence-electron chi connectivity index (χ4n) is 3.56. The van der Waals surface area contributed by atoms with E-state index >= 15 is 0 Å². The van der Waals surface area contributed by atoms with Gasteiger partial charge in [0.05, 0.1) is 0 Å². The van der Waals surface area contributed by atoms with Crippen molar-refractivity contribution in [3.05, 3.63) is 35.4 Å². The first-order valence-electron chi connectivity index (χ1n) is 7.37. The molecule has 0 aliphatic heterocycles. The lowest BCUT2D eigenvalue weighted by molar-refractivity contribution is 0.146. The highest BCUT2D eigenvalue weighted by atomic mass is 79.9. The van der Waals surface area contributed by atoms with E-state index in [0.29, 0.717) is 17.2 Å². The van der Waals surface area contributed by atoms with Crippen molar-refractivity contribution >= 4 is 15.9 Å². The molecule has 3 unspecified atom stereocenters. The van der Waals surface area contributed by atoms with Crippen LogP contribution in [0.3, 0.4) is 0 Å². The zero-order chi connectivity index (χ0) is 14.9. The summed E-state index contributed by atoms with van der Waals surface area (Å²) in [6.07, 6.45) is 4.32. The number of benzene rings is 1. The molecule has 3 heteroatoms. The smallest absolute Gasteiger partial charge is 0.126 e. The van der Waals surface area contributed by atoms with E-state index in [9.17, 15) is 8.78 Å². The highest BCUT2D eigenvalue weighted by Crippen LogP contribution is 2.45. The molecule has 1 aromatic rings. The van der Waals surface area contributed by atoms with Gasteiger partial charge in [-0.25, -0.2) is 8.78 Å². The topological polar surface area (TPSA) is 0 Å². The molecule has 3 atom stereocenters. The Hall–Kier alpha value is -0.440. The van der Waals surface area contributed by atoms with Crippen LogP contribution in [-0.2, 0) is 6.42 Å². The van der Waals surface area contributed by atoms with Gasteiger partial charge in [0.1, 0.15) is 11.6 Å². The van der Waals surface area contributed by atoms with Gasteiger partial charge in [0.15, 0.2) is 0 Å².